The average Bonchev–Trinajstić information content (AvgIpc) is 3.00. The van der Waals surface area contributed by atoms with Crippen LogP contribution in [0.2, 0.25) is 0 Å². The Labute approximate surface area is 248 Å². The van der Waals surface area contributed by atoms with Crippen molar-refractivity contribution in [2.45, 2.75) is 44.7 Å². The van der Waals surface area contributed by atoms with Gasteiger partial charge >= 0.3 is 0 Å². The highest BCUT2D eigenvalue weighted by atomic mass is 32.2. The lowest BCUT2D eigenvalue weighted by Crippen LogP contribution is -2.52. The first-order chi connectivity index (χ1) is 20.1. The van der Waals surface area contributed by atoms with E-state index in [0.29, 0.717) is 30.2 Å². The third kappa shape index (κ3) is 7.52. The summed E-state index contributed by atoms with van der Waals surface area (Å²) in [7, 11) is 0.170. The van der Waals surface area contributed by atoms with E-state index in [-0.39, 0.29) is 23.1 Å². The van der Waals surface area contributed by atoms with E-state index in [2.05, 4.69) is 5.32 Å². The van der Waals surface area contributed by atoms with E-state index in [4.69, 9.17) is 14.2 Å². The summed E-state index contributed by atoms with van der Waals surface area (Å²) in [6, 6.07) is 17.4. The summed E-state index contributed by atoms with van der Waals surface area (Å²) < 4.78 is 45.1. The normalized spacial score (nSPS) is 11.8. The van der Waals surface area contributed by atoms with Gasteiger partial charge < -0.3 is 24.4 Å². The zero-order valence-corrected chi connectivity index (χ0v) is 25.7. The van der Waals surface area contributed by atoms with E-state index in [0.717, 1.165) is 15.4 Å². The van der Waals surface area contributed by atoms with Gasteiger partial charge in [0, 0.05) is 19.2 Å². The molecule has 42 heavy (non-hydrogen) atoms. The van der Waals surface area contributed by atoms with Gasteiger partial charge in [-0.05, 0) is 62.2 Å². The maximum Gasteiger partial charge on any atom is 0.264 e. The number of aryl methyl sites for hydroxylation is 1. The monoisotopic (exact) mass is 597 g/mol. The van der Waals surface area contributed by atoms with Crippen molar-refractivity contribution in [1.29, 1.82) is 0 Å². The molecule has 1 unspecified atom stereocenters. The molecule has 0 bridgehead atoms. The van der Waals surface area contributed by atoms with Crippen LogP contribution in [0.15, 0.2) is 71.6 Å². The fourth-order valence-corrected chi connectivity index (χ4v) is 5.91. The molecule has 3 aromatic carbocycles. The van der Waals surface area contributed by atoms with Crippen LogP contribution in [-0.4, -0.2) is 65.6 Å². The van der Waals surface area contributed by atoms with Crippen LogP contribution in [-0.2, 0) is 26.2 Å². The first kappa shape index (κ1) is 32.3. The van der Waals surface area contributed by atoms with Gasteiger partial charge in [-0.25, -0.2) is 8.42 Å². The number of amides is 2. The van der Waals surface area contributed by atoms with Crippen LogP contribution in [0, 0.1) is 6.92 Å². The third-order valence-electron chi connectivity index (χ3n) is 6.79. The summed E-state index contributed by atoms with van der Waals surface area (Å²) in [5.41, 5.74) is 1.99. The second kappa shape index (κ2) is 14.6. The van der Waals surface area contributed by atoms with Crippen molar-refractivity contribution in [3.8, 4) is 17.2 Å². The number of hydrogen-bond donors (Lipinski definition) is 1. The number of carbonyl (C=O) groups excluding carboxylic acids is 2. The molecule has 0 spiro atoms. The molecule has 0 aliphatic rings. The fourth-order valence-electron chi connectivity index (χ4n) is 4.48. The predicted molar refractivity (Wildman–Crippen MR) is 162 cm³/mol. The van der Waals surface area contributed by atoms with Gasteiger partial charge in [0.15, 0.2) is 11.5 Å². The lowest BCUT2D eigenvalue weighted by molar-refractivity contribution is -0.140. The molecular formula is C31H39N3O7S. The van der Waals surface area contributed by atoms with E-state index < -0.39 is 28.5 Å². The zero-order valence-electron chi connectivity index (χ0n) is 24.9. The van der Waals surface area contributed by atoms with Crippen LogP contribution < -0.4 is 23.8 Å². The van der Waals surface area contributed by atoms with Gasteiger partial charge in [0.25, 0.3) is 10.0 Å². The van der Waals surface area contributed by atoms with Gasteiger partial charge in [-0.2, -0.15) is 0 Å². The van der Waals surface area contributed by atoms with Gasteiger partial charge in [0.1, 0.15) is 18.3 Å². The second-order valence-corrected chi connectivity index (χ2v) is 11.4. The molecule has 0 radical (unpaired) electrons. The largest absolute Gasteiger partial charge is 0.497 e. The van der Waals surface area contributed by atoms with Crippen molar-refractivity contribution in [3.05, 3.63) is 77.9 Å². The summed E-state index contributed by atoms with van der Waals surface area (Å²) in [6.07, 6.45) is 0.334. The topological polar surface area (TPSA) is 114 Å². The second-order valence-electron chi connectivity index (χ2n) is 9.55. The quantitative estimate of drug-likeness (QED) is 0.297. The van der Waals surface area contributed by atoms with Crippen molar-refractivity contribution in [1.82, 2.24) is 10.2 Å². The Morgan fingerprint density at radius 2 is 1.50 bits per heavy atom. The number of sulfonamides is 1. The predicted octanol–water partition coefficient (Wildman–Crippen LogP) is 4.16. The molecule has 0 heterocycles. The summed E-state index contributed by atoms with van der Waals surface area (Å²) in [6.45, 7) is 5.45. The van der Waals surface area contributed by atoms with Gasteiger partial charge in [0.2, 0.25) is 11.8 Å². The smallest absolute Gasteiger partial charge is 0.264 e. The molecule has 226 valence electrons. The molecular weight excluding hydrogens is 558 g/mol. The minimum atomic E-state index is -4.26. The Kier molecular flexibility index (Phi) is 11.2. The number of hydrogen-bond acceptors (Lipinski definition) is 7. The van der Waals surface area contributed by atoms with Crippen molar-refractivity contribution in [2.24, 2.45) is 0 Å². The van der Waals surface area contributed by atoms with Crippen LogP contribution in [0.3, 0.4) is 0 Å². The molecule has 11 heteroatoms. The number of nitrogens with zero attached hydrogens (tertiary/aromatic N) is 2. The summed E-state index contributed by atoms with van der Waals surface area (Å²) >= 11 is 0. The van der Waals surface area contributed by atoms with Gasteiger partial charge in [0.05, 0.1) is 31.9 Å². The summed E-state index contributed by atoms with van der Waals surface area (Å²) in [5.74, 6) is 0.406. The molecule has 0 aliphatic carbocycles. The molecule has 0 saturated carbocycles. The van der Waals surface area contributed by atoms with E-state index in [1.807, 2.05) is 26.0 Å². The van der Waals surface area contributed by atoms with E-state index >= 15 is 0 Å². The Bertz CT molecular complexity index is 1460. The molecule has 10 nitrogen and oxygen atoms in total. The molecule has 0 saturated heterocycles. The Hall–Kier alpha value is -4.25. The van der Waals surface area contributed by atoms with Gasteiger partial charge in [-0.3, -0.25) is 13.9 Å². The van der Waals surface area contributed by atoms with Crippen LogP contribution in [0.4, 0.5) is 5.69 Å². The summed E-state index contributed by atoms with van der Waals surface area (Å²) in [4.78, 5) is 28.5. The number of benzene rings is 3. The lowest BCUT2D eigenvalue weighted by Gasteiger charge is -2.33. The highest BCUT2D eigenvalue weighted by molar-refractivity contribution is 7.92. The first-order valence-corrected chi connectivity index (χ1v) is 15.0. The van der Waals surface area contributed by atoms with Crippen molar-refractivity contribution in [3.63, 3.8) is 0 Å². The minimum absolute atomic E-state index is 0.0778. The maximum atomic E-state index is 14.1. The fraction of sp³-hybridized carbons (Fsp3) is 0.355. The van der Waals surface area contributed by atoms with Gasteiger partial charge in [-0.15, -0.1) is 0 Å². The molecule has 0 aliphatic heterocycles. The first-order valence-electron chi connectivity index (χ1n) is 13.6. The Morgan fingerprint density at radius 1 is 0.857 bits per heavy atom. The molecule has 1 atom stereocenters. The van der Waals surface area contributed by atoms with E-state index in [9.17, 15) is 18.0 Å². The van der Waals surface area contributed by atoms with Gasteiger partial charge in [-0.1, -0.05) is 36.8 Å². The molecule has 3 aromatic rings. The Morgan fingerprint density at radius 3 is 2.05 bits per heavy atom. The number of nitrogens with one attached hydrogen (secondary N) is 1. The molecule has 3 rings (SSSR count). The van der Waals surface area contributed by atoms with Crippen LogP contribution >= 0.6 is 0 Å². The summed E-state index contributed by atoms with van der Waals surface area (Å²) in [5, 5.41) is 2.80. The van der Waals surface area contributed by atoms with Crippen molar-refractivity contribution >= 4 is 27.5 Å². The molecule has 2 amide bonds. The standard InChI is InChI=1S/C31H39N3O7S/c1-7-27(31(36)32-8-2)33(20-23-11-15-25(39-4)16-12-23)30(35)21-34(24-13-9-22(3)10-14-24)42(37,38)26-17-18-28(40-5)29(19-26)41-6/h9-19,27H,7-8,20-21H2,1-6H3,(H,32,36). The molecule has 1 N–H and O–H groups in total. The number of carbonyl (C=O) groups is 2. The SMILES string of the molecule is CCNC(=O)C(CC)N(Cc1ccc(OC)cc1)C(=O)CN(c1ccc(C)cc1)S(=O)(=O)c1ccc(OC)c(OC)c1. The van der Waals surface area contributed by atoms with Crippen LogP contribution in [0.25, 0.3) is 0 Å². The van der Waals surface area contributed by atoms with E-state index in [1.165, 1.54) is 37.3 Å². The highest BCUT2D eigenvalue weighted by Crippen LogP contribution is 2.32. The van der Waals surface area contributed by atoms with Crippen LogP contribution in [0.5, 0.6) is 17.2 Å². The minimum Gasteiger partial charge on any atom is -0.497 e. The maximum absolute atomic E-state index is 14.1. The Balaban J connectivity index is 2.08. The zero-order chi connectivity index (χ0) is 30.9. The lowest BCUT2D eigenvalue weighted by atomic mass is 10.1. The van der Waals surface area contributed by atoms with Crippen molar-refractivity contribution < 1.29 is 32.2 Å². The number of methoxy groups -OCH3 is 3. The number of anilines is 1. The molecule has 0 aromatic heterocycles. The number of ether oxygens (including phenoxy) is 3. The number of rotatable bonds is 14. The molecule has 0 fully saturated rings. The third-order valence-corrected chi connectivity index (χ3v) is 8.56. The highest BCUT2D eigenvalue weighted by Gasteiger charge is 2.34. The van der Waals surface area contributed by atoms with E-state index in [1.54, 1.807) is 50.4 Å². The average molecular weight is 598 g/mol. The van der Waals surface area contributed by atoms with Crippen LogP contribution in [0.1, 0.15) is 31.4 Å². The van der Waals surface area contributed by atoms with Crippen molar-refractivity contribution in [2.75, 3.05) is 38.7 Å². The number of likely N-dealkylation sites (N-methyl/N-ethyl adjacent to an activating group) is 1.